The fourth-order valence-electron chi connectivity index (χ4n) is 3.77. The van der Waals surface area contributed by atoms with E-state index in [2.05, 4.69) is 58.0 Å². The summed E-state index contributed by atoms with van der Waals surface area (Å²) in [6, 6.07) is 0. The number of fused-ring (bicyclic) bond motifs is 2. The van der Waals surface area contributed by atoms with Crippen molar-refractivity contribution in [1.82, 2.24) is 0 Å². The molecule has 0 N–H and O–H groups in total. The highest BCUT2D eigenvalue weighted by Gasteiger charge is 2.53. The third kappa shape index (κ3) is 3.91. The second-order valence-electron chi connectivity index (χ2n) is 8.33. The molecule has 110 valence electrons. The second-order valence-corrected chi connectivity index (χ2v) is 21.2. The zero-order valence-corrected chi connectivity index (χ0v) is 16.6. The van der Waals surface area contributed by atoms with E-state index in [0.717, 1.165) is 11.8 Å². The standard InChI is InChI=1S/C14H30O2Si3/c1-17(2,3)15-19(7,16-18(4,5)6)14-11-12-8-9-13(14)10-12/h8-9,12-14H,10-11H2,1-7H3. The Balaban J connectivity index is 2.21. The molecule has 0 aromatic rings. The van der Waals surface area contributed by atoms with Crippen LogP contribution in [-0.4, -0.2) is 25.2 Å². The van der Waals surface area contributed by atoms with Crippen molar-refractivity contribution in [3.8, 4) is 0 Å². The van der Waals surface area contributed by atoms with Crippen LogP contribution in [0.25, 0.3) is 0 Å². The summed E-state index contributed by atoms with van der Waals surface area (Å²) in [6.07, 6.45) is 7.50. The van der Waals surface area contributed by atoms with Crippen molar-refractivity contribution in [1.29, 1.82) is 0 Å². The predicted molar refractivity (Wildman–Crippen MR) is 89.6 cm³/mol. The molecule has 1 saturated carbocycles. The normalized spacial score (nSPS) is 31.2. The lowest BCUT2D eigenvalue weighted by Gasteiger charge is -2.44. The highest BCUT2D eigenvalue weighted by molar-refractivity contribution is 6.88. The van der Waals surface area contributed by atoms with Gasteiger partial charge < -0.3 is 8.23 Å². The van der Waals surface area contributed by atoms with E-state index in [1.54, 1.807) is 0 Å². The molecule has 0 aliphatic heterocycles. The Bertz CT molecular complexity index is 352. The third-order valence-corrected chi connectivity index (χ3v) is 14.1. The monoisotopic (exact) mass is 314 g/mol. The largest absolute Gasteiger partial charge is 0.436 e. The minimum Gasteiger partial charge on any atom is -0.436 e. The average Bonchev–Trinajstić information content (AvgIpc) is 2.70. The van der Waals surface area contributed by atoms with Crippen molar-refractivity contribution in [2.75, 3.05) is 0 Å². The van der Waals surface area contributed by atoms with Crippen LogP contribution >= 0.6 is 0 Å². The van der Waals surface area contributed by atoms with Gasteiger partial charge in [-0.25, -0.2) is 0 Å². The van der Waals surface area contributed by atoms with Gasteiger partial charge in [-0.1, -0.05) is 12.2 Å². The van der Waals surface area contributed by atoms with E-state index in [-0.39, 0.29) is 0 Å². The van der Waals surface area contributed by atoms with E-state index in [0.29, 0.717) is 5.54 Å². The second kappa shape index (κ2) is 4.94. The molecule has 5 heteroatoms. The molecule has 0 aromatic heterocycles. The van der Waals surface area contributed by atoms with Crippen LogP contribution in [0.1, 0.15) is 12.8 Å². The first kappa shape index (κ1) is 15.7. The first-order valence-corrected chi connectivity index (χ1v) is 16.8. The van der Waals surface area contributed by atoms with Gasteiger partial charge in [-0.2, -0.15) is 0 Å². The molecule has 0 radical (unpaired) electrons. The van der Waals surface area contributed by atoms with Gasteiger partial charge in [0.2, 0.25) is 0 Å². The number of hydrogen-bond donors (Lipinski definition) is 0. The molecule has 0 amide bonds. The molecule has 2 aliphatic carbocycles. The van der Waals surface area contributed by atoms with Gasteiger partial charge >= 0.3 is 8.56 Å². The van der Waals surface area contributed by atoms with Crippen LogP contribution in [0.5, 0.6) is 0 Å². The molecule has 2 nitrogen and oxygen atoms in total. The van der Waals surface area contributed by atoms with Crippen LogP contribution in [0.2, 0.25) is 51.4 Å². The van der Waals surface area contributed by atoms with Gasteiger partial charge in [0.25, 0.3) is 0 Å². The number of allylic oxidation sites excluding steroid dienone is 2. The van der Waals surface area contributed by atoms with Gasteiger partial charge in [-0.15, -0.1) is 0 Å². The highest BCUT2D eigenvalue weighted by atomic mass is 28.5. The lowest BCUT2D eigenvalue weighted by atomic mass is 10.1. The Kier molecular flexibility index (Phi) is 4.08. The number of hydrogen-bond acceptors (Lipinski definition) is 2. The maximum Gasteiger partial charge on any atom is 0.318 e. The summed E-state index contributed by atoms with van der Waals surface area (Å²) < 4.78 is 13.4. The smallest absolute Gasteiger partial charge is 0.318 e. The van der Waals surface area contributed by atoms with Crippen LogP contribution in [-0.2, 0) is 8.23 Å². The Labute approximate surface area is 122 Å². The quantitative estimate of drug-likeness (QED) is 0.539. The van der Waals surface area contributed by atoms with E-state index in [1.807, 2.05) is 0 Å². The Morgan fingerprint density at radius 2 is 1.32 bits per heavy atom. The number of rotatable bonds is 5. The lowest BCUT2D eigenvalue weighted by Crippen LogP contribution is -2.56. The summed E-state index contributed by atoms with van der Waals surface area (Å²) in [5.74, 6) is 1.53. The zero-order valence-electron chi connectivity index (χ0n) is 13.6. The molecule has 1 fully saturated rings. The van der Waals surface area contributed by atoms with Crippen molar-refractivity contribution < 1.29 is 8.23 Å². The Morgan fingerprint density at radius 1 is 0.789 bits per heavy atom. The summed E-state index contributed by atoms with van der Waals surface area (Å²) >= 11 is 0. The van der Waals surface area contributed by atoms with Crippen molar-refractivity contribution in [2.45, 2.75) is 64.2 Å². The van der Waals surface area contributed by atoms with Crippen LogP contribution in [0.3, 0.4) is 0 Å². The van der Waals surface area contributed by atoms with E-state index in [9.17, 15) is 0 Å². The molecule has 2 bridgehead atoms. The van der Waals surface area contributed by atoms with Crippen molar-refractivity contribution in [3.63, 3.8) is 0 Å². The molecule has 0 spiro atoms. The molecule has 2 aliphatic rings. The first-order chi connectivity index (χ1) is 8.49. The summed E-state index contributed by atoms with van der Waals surface area (Å²) in [5, 5.41) is 0. The summed E-state index contributed by atoms with van der Waals surface area (Å²) in [5.41, 5.74) is 0.681. The van der Waals surface area contributed by atoms with E-state index < -0.39 is 25.2 Å². The minimum atomic E-state index is -2.07. The lowest BCUT2D eigenvalue weighted by molar-refractivity contribution is 0.350. The predicted octanol–water partition coefficient (Wildman–Crippen LogP) is 4.73. The minimum absolute atomic E-state index is 0.681. The molecular weight excluding hydrogens is 284 g/mol. The summed E-state index contributed by atoms with van der Waals surface area (Å²) in [4.78, 5) is 0. The zero-order chi connectivity index (χ0) is 14.5. The highest BCUT2D eigenvalue weighted by Crippen LogP contribution is 2.53. The summed E-state index contributed by atoms with van der Waals surface area (Å²) in [6.45, 7) is 16.2. The Hall–Kier alpha value is 0.311. The van der Waals surface area contributed by atoms with Gasteiger partial charge in [0.05, 0.1) is 0 Å². The molecule has 19 heavy (non-hydrogen) atoms. The summed E-state index contributed by atoms with van der Waals surface area (Å²) in [7, 11) is -5.17. The van der Waals surface area contributed by atoms with Gasteiger partial charge in [0.1, 0.15) is 0 Å². The van der Waals surface area contributed by atoms with E-state index in [1.165, 1.54) is 12.8 Å². The van der Waals surface area contributed by atoms with Gasteiger partial charge in [0.15, 0.2) is 16.6 Å². The molecule has 2 rings (SSSR count). The van der Waals surface area contributed by atoms with Gasteiger partial charge in [-0.05, 0) is 70.5 Å². The van der Waals surface area contributed by atoms with Crippen LogP contribution in [0.4, 0.5) is 0 Å². The van der Waals surface area contributed by atoms with E-state index >= 15 is 0 Å². The Morgan fingerprint density at radius 3 is 1.63 bits per heavy atom. The van der Waals surface area contributed by atoms with Crippen LogP contribution in [0.15, 0.2) is 12.2 Å². The van der Waals surface area contributed by atoms with Crippen molar-refractivity contribution in [3.05, 3.63) is 12.2 Å². The van der Waals surface area contributed by atoms with Crippen molar-refractivity contribution >= 4 is 25.2 Å². The topological polar surface area (TPSA) is 18.5 Å². The van der Waals surface area contributed by atoms with Crippen molar-refractivity contribution in [2.24, 2.45) is 11.8 Å². The van der Waals surface area contributed by atoms with Crippen LogP contribution < -0.4 is 0 Å². The molecule has 0 saturated heterocycles. The molecule has 3 atom stereocenters. The molecule has 0 heterocycles. The maximum absolute atomic E-state index is 6.69. The molecular formula is C14H30O2Si3. The van der Waals surface area contributed by atoms with E-state index in [4.69, 9.17) is 8.23 Å². The fourth-order valence-corrected chi connectivity index (χ4v) is 17.0. The van der Waals surface area contributed by atoms with Gasteiger partial charge in [0, 0.05) is 5.54 Å². The molecule has 3 unspecified atom stereocenters. The maximum atomic E-state index is 6.69. The molecule has 0 aromatic carbocycles. The average molecular weight is 315 g/mol. The third-order valence-electron chi connectivity index (χ3n) is 3.97. The fraction of sp³-hybridized carbons (Fsp3) is 0.857. The van der Waals surface area contributed by atoms with Gasteiger partial charge in [-0.3, -0.25) is 0 Å². The van der Waals surface area contributed by atoms with Crippen LogP contribution in [0, 0.1) is 11.8 Å². The SMILES string of the molecule is C[Si](C)(C)O[Si](C)(O[Si](C)(C)C)C1CC2C=CC1C2. The first-order valence-electron chi connectivity index (χ1n) is 7.57.